The van der Waals surface area contributed by atoms with Gasteiger partial charge in [-0.1, -0.05) is 11.8 Å². The standard InChI is InChI=1S/C22H24N6O6S2/c1-10-17(30)24-22(26(2)25-10)36-9-14(29)23-15-19(32)28-16(21(33)34)12(8-35-20(15)28)7-11-5-6-27(18(11)31)13-3-4-13/h7,13,15,20H,3-6,8-9H2,1-2H3,(H,23,29)(H,33,34)/b11-7+/t15-,20-/m1/s1. The van der Waals surface area contributed by atoms with Crippen molar-refractivity contribution >= 4 is 47.2 Å². The van der Waals surface area contributed by atoms with Crippen LogP contribution in [-0.4, -0.2) is 88.9 Å². The highest BCUT2D eigenvalue weighted by atomic mass is 32.2. The molecule has 12 nitrogen and oxygen atoms in total. The van der Waals surface area contributed by atoms with Gasteiger partial charge >= 0.3 is 5.97 Å². The molecule has 3 fully saturated rings. The first-order chi connectivity index (χ1) is 17.2. The number of amides is 3. The molecule has 0 bridgehead atoms. The number of aliphatic carboxylic acids is 1. The van der Waals surface area contributed by atoms with Crippen LogP contribution < -0.4 is 10.9 Å². The summed E-state index contributed by atoms with van der Waals surface area (Å²) in [4.78, 5) is 68.8. The molecule has 36 heavy (non-hydrogen) atoms. The summed E-state index contributed by atoms with van der Waals surface area (Å²) in [5.41, 5.74) is 0.627. The Labute approximate surface area is 214 Å². The molecule has 4 aliphatic rings. The summed E-state index contributed by atoms with van der Waals surface area (Å²) in [6, 6.07) is -0.568. The van der Waals surface area contributed by atoms with E-state index in [1.807, 2.05) is 4.90 Å². The molecule has 0 spiro atoms. The highest BCUT2D eigenvalue weighted by molar-refractivity contribution is 8.00. The van der Waals surface area contributed by atoms with Crippen LogP contribution in [0.25, 0.3) is 0 Å². The SMILES string of the molecule is Cc1nn(C)c(SCC(=O)N[C@@H]2C(=O)N3C(C(=O)O)=C(/C=C4\CCN(C5CC5)C4=O)CS[C@H]23)nc1=O. The maximum atomic E-state index is 12.9. The zero-order valence-electron chi connectivity index (χ0n) is 19.6. The van der Waals surface area contributed by atoms with Crippen LogP contribution in [0.2, 0.25) is 0 Å². The predicted octanol–water partition coefficient (Wildman–Crippen LogP) is -0.364. The molecule has 4 heterocycles. The highest BCUT2D eigenvalue weighted by Gasteiger charge is 2.54. The number of carbonyl (C=O) groups is 4. The summed E-state index contributed by atoms with van der Waals surface area (Å²) >= 11 is 2.36. The molecular weight excluding hydrogens is 508 g/mol. The number of aryl methyl sites for hydroxylation is 2. The van der Waals surface area contributed by atoms with Crippen molar-refractivity contribution in [3.63, 3.8) is 0 Å². The smallest absolute Gasteiger partial charge is 0.352 e. The second-order valence-corrected chi connectivity index (χ2v) is 11.0. The summed E-state index contributed by atoms with van der Waals surface area (Å²) in [5.74, 6) is -2.06. The van der Waals surface area contributed by atoms with Gasteiger partial charge in [-0.2, -0.15) is 10.1 Å². The summed E-state index contributed by atoms with van der Waals surface area (Å²) < 4.78 is 1.40. The first-order valence-corrected chi connectivity index (χ1v) is 13.5. The van der Waals surface area contributed by atoms with Crippen LogP contribution in [0, 0.1) is 6.92 Å². The molecule has 0 unspecified atom stereocenters. The van der Waals surface area contributed by atoms with Crippen LogP contribution in [0.15, 0.2) is 32.9 Å². The van der Waals surface area contributed by atoms with Gasteiger partial charge in [-0.25, -0.2) is 9.48 Å². The van der Waals surface area contributed by atoms with Crippen molar-refractivity contribution in [2.75, 3.05) is 18.1 Å². The van der Waals surface area contributed by atoms with E-state index in [-0.39, 0.29) is 28.2 Å². The molecular formula is C22H24N6O6S2. The van der Waals surface area contributed by atoms with Gasteiger partial charge in [-0.15, -0.1) is 11.8 Å². The van der Waals surface area contributed by atoms with Crippen LogP contribution in [0.3, 0.4) is 0 Å². The average Bonchev–Trinajstić information content (AvgIpc) is 3.62. The Morgan fingerprint density at radius 1 is 1.28 bits per heavy atom. The molecule has 5 rings (SSSR count). The number of carboxylic acid groups (broad SMARTS) is 1. The van der Waals surface area contributed by atoms with Gasteiger partial charge in [0.15, 0.2) is 5.16 Å². The Kier molecular flexibility index (Phi) is 6.41. The van der Waals surface area contributed by atoms with Gasteiger partial charge in [0.25, 0.3) is 11.5 Å². The van der Waals surface area contributed by atoms with Gasteiger partial charge < -0.3 is 15.3 Å². The minimum atomic E-state index is -1.25. The van der Waals surface area contributed by atoms with E-state index in [1.165, 1.54) is 21.3 Å². The Morgan fingerprint density at radius 3 is 2.72 bits per heavy atom. The molecule has 1 aromatic rings. The number of carbonyl (C=O) groups excluding carboxylic acids is 3. The number of hydrogen-bond donors (Lipinski definition) is 2. The van der Waals surface area contributed by atoms with E-state index >= 15 is 0 Å². The third-order valence-electron chi connectivity index (χ3n) is 6.43. The topological polar surface area (TPSA) is 155 Å². The second kappa shape index (κ2) is 9.39. The van der Waals surface area contributed by atoms with E-state index in [1.54, 1.807) is 20.0 Å². The van der Waals surface area contributed by atoms with E-state index in [2.05, 4.69) is 15.4 Å². The number of nitrogens with one attached hydrogen (secondary N) is 1. The molecule has 190 valence electrons. The molecule has 2 N–H and O–H groups in total. The molecule has 2 saturated heterocycles. The Bertz CT molecular complexity index is 1300. The van der Waals surface area contributed by atoms with Crippen LogP contribution in [-0.2, 0) is 26.2 Å². The minimum Gasteiger partial charge on any atom is -0.477 e. The van der Waals surface area contributed by atoms with E-state index in [0.29, 0.717) is 35.9 Å². The van der Waals surface area contributed by atoms with Crippen molar-refractivity contribution in [1.82, 2.24) is 29.9 Å². The molecule has 1 aromatic heterocycles. The van der Waals surface area contributed by atoms with Gasteiger partial charge in [0.05, 0.1) is 5.75 Å². The number of fused-ring (bicyclic) bond motifs is 1. The number of thioether (sulfide) groups is 2. The van der Waals surface area contributed by atoms with Gasteiger partial charge in [0, 0.05) is 31.0 Å². The fourth-order valence-corrected chi connectivity index (χ4v) is 6.51. The number of hydrogen-bond acceptors (Lipinski definition) is 9. The van der Waals surface area contributed by atoms with Crippen molar-refractivity contribution in [1.29, 1.82) is 0 Å². The van der Waals surface area contributed by atoms with Gasteiger partial charge in [0.2, 0.25) is 11.8 Å². The third kappa shape index (κ3) is 4.43. The lowest BCUT2D eigenvalue weighted by molar-refractivity contribution is -0.150. The number of β-lactam (4-membered cyclic amide) rings is 1. The quantitative estimate of drug-likeness (QED) is 0.270. The Morgan fingerprint density at radius 2 is 2.03 bits per heavy atom. The summed E-state index contributed by atoms with van der Waals surface area (Å²) in [6.45, 7) is 2.18. The van der Waals surface area contributed by atoms with Gasteiger partial charge in [-0.3, -0.25) is 24.1 Å². The van der Waals surface area contributed by atoms with Crippen LogP contribution in [0.4, 0.5) is 0 Å². The highest BCUT2D eigenvalue weighted by Crippen LogP contribution is 2.41. The normalized spacial score (nSPS) is 24.8. The number of aromatic nitrogens is 3. The van der Waals surface area contributed by atoms with Crippen LogP contribution in [0.1, 0.15) is 25.0 Å². The second-order valence-electron chi connectivity index (χ2n) is 8.98. The first-order valence-electron chi connectivity index (χ1n) is 11.4. The summed E-state index contributed by atoms with van der Waals surface area (Å²) in [7, 11) is 1.61. The lowest BCUT2D eigenvalue weighted by atomic mass is 10.0. The fourth-order valence-electron chi connectivity index (χ4n) is 4.49. The largest absolute Gasteiger partial charge is 0.477 e. The van der Waals surface area contributed by atoms with Crippen molar-refractivity contribution in [2.24, 2.45) is 7.05 Å². The van der Waals surface area contributed by atoms with Crippen molar-refractivity contribution in [3.05, 3.63) is 39.0 Å². The molecule has 3 aliphatic heterocycles. The van der Waals surface area contributed by atoms with Gasteiger partial charge in [0.1, 0.15) is 22.8 Å². The van der Waals surface area contributed by atoms with Crippen molar-refractivity contribution in [3.8, 4) is 0 Å². The monoisotopic (exact) mass is 532 g/mol. The lowest BCUT2D eigenvalue weighted by Crippen LogP contribution is -2.70. The maximum Gasteiger partial charge on any atom is 0.352 e. The van der Waals surface area contributed by atoms with E-state index < -0.39 is 34.8 Å². The molecule has 2 atom stereocenters. The zero-order valence-corrected chi connectivity index (χ0v) is 21.2. The van der Waals surface area contributed by atoms with Crippen molar-refractivity contribution < 1.29 is 24.3 Å². The van der Waals surface area contributed by atoms with Gasteiger partial charge in [-0.05, 0) is 37.8 Å². The molecule has 0 aromatic carbocycles. The molecule has 1 saturated carbocycles. The summed E-state index contributed by atoms with van der Waals surface area (Å²) in [5, 5.41) is 16.3. The van der Waals surface area contributed by atoms with Crippen LogP contribution in [0.5, 0.6) is 0 Å². The van der Waals surface area contributed by atoms with E-state index in [4.69, 9.17) is 0 Å². The number of allylic oxidation sites excluding steroid dienone is 1. The number of nitrogens with zero attached hydrogens (tertiary/aromatic N) is 5. The maximum absolute atomic E-state index is 12.9. The fraction of sp³-hybridized carbons (Fsp3) is 0.500. The Balaban J connectivity index is 1.26. The molecule has 1 aliphatic carbocycles. The molecule has 14 heteroatoms. The van der Waals surface area contributed by atoms with E-state index in [0.717, 1.165) is 24.6 Å². The molecule has 0 radical (unpaired) electrons. The number of rotatable bonds is 7. The first kappa shape index (κ1) is 24.6. The number of likely N-dealkylation sites (tertiary alicyclic amines) is 1. The third-order valence-corrected chi connectivity index (χ3v) is 8.75. The molecule has 3 amide bonds. The lowest BCUT2D eigenvalue weighted by Gasteiger charge is -2.49. The van der Waals surface area contributed by atoms with Crippen molar-refractivity contribution in [2.45, 2.75) is 48.8 Å². The van der Waals surface area contributed by atoms with E-state index in [9.17, 15) is 29.1 Å². The van der Waals surface area contributed by atoms with Crippen LogP contribution >= 0.6 is 23.5 Å². The average molecular weight is 533 g/mol. The summed E-state index contributed by atoms with van der Waals surface area (Å²) in [6.07, 6.45) is 4.19. The minimum absolute atomic E-state index is 0.0600. The number of carboxylic acids is 1. The Hall–Kier alpha value is -3.13. The zero-order chi connectivity index (χ0) is 25.7. The predicted molar refractivity (Wildman–Crippen MR) is 130 cm³/mol.